The summed E-state index contributed by atoms with van der Waals surface area (Å²) in [5, 5.41) is 22.8. The first kappa shape index (κ1) is 13.4. The summed E-state index contributed by atoms with van der Waals surface area (Å²) < 4.78 is 0. The van der Waals surface area contributed by atoms with E-state index in [4.69, 9.17) is 0 Å². The summed E-state index contributed by atoms with van der Waals surface area (Å²) in [5.41, 5.74) is -0.205. The van der Waals surface area contributed by atoms with Crippen LogP contribution in [-0.4, -0.2) is 34.9 Å². The predicted octanol–water partition coefficient (Wildman–Crippen LogP) is 0.172. The fraction of sp³-hybridized carbons (Fsp3) is 0.400. The van der Waals surface area contributed by atoms with Crippen LogP contribution in [0.3, 0.4) is 0 Å². The number of hydrogen-bond acceptors (Lipinski definition) is 7. The van der Waals surface area contributed by atoms with Gasteiger partial charge in [0, 0.05) is 10.9 Å². The largest absolute Gasteiger partial charge is 0.388 e. The molecule has 2 rings (SSSR count). The number of carbonyl (C=O) groups is 2. The minimum absolute atomic E-state index is 0.119. The topological polar surface area (TPSA) is 113 Å². The van der Waals surface area contributed by atoms with Gasteiger partial charge in [0.05, 0.1) is 24.1 Å². The van der Waals surface area contributed by atoms with E-state index in [0.29, 0.717) is 4.88 Å². The van der Waals surface area contributed by atoms with Crippen molar-refractivity contribution in [3.05, 3.63) is 21.1 Å². The number of amides is 2. The molecule has 0 radical (unpaired) electrons. The molecule has 1 atom stereocenters. The molecule has 0 spiro atoms. The average Bonchev–Trinajstić information content (AvgIpc) is 2.72. The average molecular weight is 285 g/mol. The highest BCUT2D eigenvalue weighted by Crippen LogP contribution is 2.40. The lowest BCUT2D eigenvalue weighted by molar-refractivity contribution is -0.383. The number of aliphatic hydroxyl groups excluding tert-OH is 1. The summed E-state index contributed by atoms with van der Waals surface area (Å²) in [6.45, 7) is 1.26. The molecule has 2 amide bonds. The number of nitrogens with zero attached hydrogens (tertiary/aromatic N) is 2. The molecule has 0 bridgehead atoms. The third-order valence-electron chi connectivity index (χ3n) is 2.56. The Hall–Kier alpha value is -2.00. The number of thiophene rings is 1. The van der Waals surface area contributed by atoms with Gasteiger partial charge in [-0.2, -0.15) is 0 Å². The van der Waals surface area contributed by atoms with E-state index < -0.39 is 22.8 Å². The zero-order chi connectivity index (χ0) is 14.2. The van der Waals surface area contributed by atoms with Crippen LogP contribution in [0.1, 0.15) is 17.9 Å². The number of anilines is 1. The number of hydrogen-bond donors (Lipinski definition) is 2. The van der Waals surface area contributed by atoms with Crippen molar-refractivity contribution in [2.45, 2.75) is 13.0 Å². The van der Waals surface area contributed by atoms with Crippen molar-refractivity contribution in [1.29, 1.82) is 0 Å². The molecule has 1 aliphatic heterocycles. The van der Waals surface area contributed by atoms with Gasteiger partial charge in [0.15, 0.2) is 5.00 Å². The highest BCUT2D eigenvalue weighted by Gasteiger charge is 2.30. The molecule has 0 aliphatic carbocycles. The van der Waals surface area contributed by atoms with Crippen molar-refractivity contribution in [3.63, 3.8) is 0 Å². The Morgan fingerprint density at radius 3 is 2.53 bits per heavy atom. The molecule has 1 aromatic rings. The zero-order valence-corrected chi connectivity index (χ0v) is 10.8. The Labute approximate surface area is 111 Å². The van der Waals surface area contributed by atoms with E-state index >= 15 is 0 Å². The molecular formula is C10H11N3O5S. The Balaban J connectivity index is 2.39. The number of piperazine rings is 1. The van der Waals surface area contributed by atoms with Crippen LogP contribution in [0.5, 0.6) is 0 Å². The molecule has 1 aliphatic rings. The van der Waals surface area contributed by atoms with Crippen LogP contribution in [0, 0.1) is 10.1 Å². The monoisotopic (exact) mass is 285 g/mol. The van der Waals surface area contributed by atoms with Gasteiger partial charge >= 0.3 is 5.69 Å². The maximum Gasteiger partial charge on any atom is 0.304 e. The summed E-state index contributed by atoms with van der Waals surface area (Å²) in [5.74, 6) is -1.00. The van der Waals surface area contributed by atoms with Gasteiger partial charge in [0.25, 0.3) is 0 Å². The van der Waals surface area contributed by atoms with E-state index in [1.807, 2.05) is 0 Å². The normalized spacial score (nSPS) is 17.3. The highest BCUT2D eigenvalue weighted by atomic mass is 32.1. The second-order valence-electron chi connectivity index (χ2n) is 4.10. The van der Waals surface area contributed by atoms with Crippen molar-refractivity contribution in [1.82, 2.24) is 5.32 Å². The molecule has 102 valence electrons. The summed E-state index contributed by atoms with van der Waals surface area (Å²) in [6.07, 6.45) is -0.841. The third kappa shape index (κ3) is 2.71. The first-order valence-corrected chi connectivity index (χ1v) is 6.24. The van der Waals surface area contributed by atoms with Gasteiger partial charge in [0.2, 0.25) is 11.8 Å². The van der Waals surface area contributed by atoms with Gasteiger partial charge in [-0.25, -0.2) is 0 Å². The smallest absolute Gasteiger partial charge is 0.304 e. The van der Waals surface area contributed by atoms with Crippen molar-refractivity contribution < 1.29 is 19.6 Å². The van der Waals surface area contributed by atoms with E-state index in [0.717, 1.165) is 11.3 Å². The van der Waals surface area contributed by atoms with Crippen molar-refractivity contribution in [2.75, 3.05) is 18.0 Å². The molecule has 1 saturated heterocycles. The number of nitrogens with one attached hydrogen (secondary N) is 1. The lowest BCUT2D eigenvalue weighted by atomic mass is 10.3. The van der Waals surface area contributed by atoms with Crippen LogP contribution >= 0.6 is 11.3 Å². The van der Waals surface area contributed by atoms with Crippen LogP contribution in [0.2, 0.25) is 0 Å². The van der Waals surface area contributed by atoms with Gasteiger partial charge in [-0.1, -0.05) is 0 Å². The van der Waals surface area contributed by atoms with Crippen molar-refractivity contribution >= 4 is 33.8 Å². The Morgan fingerprint density at radius 1 is 1.47 bits per heavy atom. The number of rotatable bonds is 3. The van der Waals surface area contributed by atoms with E-state index in [1.165, 1.54) is 17.9 Å². The van der Waals surface area contributed by atoms with Crippen molar-refractivity contribution in [2.24, 2.45) is 0 Å². The Morgan fingerprint density at radius 2 is 2.05 bits per heavy atom. The second kappa shape index (κ2) is 4.94. The van der Waals surface area contributed by atoms with Gasteiger partial charge < -0.3 is 10.0 Å². The summed E-state index contributed by atoms with van der Waals surface area (Å²) in [6, 6.07) is 1.27. The molecule has 1 aromatic heterocycles. The van der Waals surface area contributed by atoms with Crippen molar-refractivity contribution in [3.8, 4) is 0 Å². The SMILES string of the molecule is C[C@@H](O)c1cc([N+](=O)[O-])c(N2CC(=O)NC(=O)C2)s1. The molecule has 8 nitrogen and oxygen atoms in total. The Kier molecular flexibility index (Phi) is 3.49. The van der Waals surface area contributed by atoms with Gasteiger partial charge in [-0.05, 0) is 6.92 Å². The first-order valence-electron chi connectivity index (χ1n) is 5.42. The Bertz CT molecular complexity index is 537. The number of nitro groups is 1. The summed E-state index contributed by atoms with van der Waals surface area (Å²) >= 11 is 1.01. The van der Waals surface area contributed by atoms with Gasteiger partial charge in [-0.15, -0.1) is 11.3 Å². The first-order chi connectivity index (χ1) is 8.88. The minimum Gasteiger partial charge on any atom is -0.388 e. The minimum atomic E-state index is -0.841. The molecule has 0 aromatic carbocycles. The molecular weight excluding hydrogens is 274 g/mol. The fourth-order valence-electron chi connectivity index (χ4n) is 1.73. The standard InChI is InChI=1S/C10H11N3O5S/c1-5(14)7-2-6(13(17)18)10(19-7)12-3-8(15)11-9(16)4-12/h2,5,14H,3-4H2,1H3,(H,11,15,16)/t5-/m1/s1. The summed E-state index contributed by atoms with van der Waals surface area (Å²) in [7, 11) is 0. The summed E-state index contributed by atoms with van der Waals surface area (Å²) in [4.78, 5) is 34.7. The zero-order valence-electron chi connectivity index (χ0n) is 9.95. The molecule has 1 fully saturated rings. The molecule has 2 heterocycles. The fourth-order valence-corrected chi connectivity index (χ4v) is 2.79. The second-order valence-corrected chi connectivity index (χ2v) is 5.16. The maximum atomic E-state index is 11.3. The highest BCUT2D eigenvalue weighted by molar-refractivity contribution is 7.16. The van der Waals surface area contributed by atoms with Crippen LogP contribution in [0.15, 0.2) is 6.07 Å². The number of aliphatic hydroxyl groups is 1. The van der Waals surface area contributed by atoms with Gasteiger partial charge in [0.1, 0.15) is 0 Å². The molecule has 0 saturated carbocycles. The lowest BCUT2D eigenvalue weighted by Crippen LogP contribution is -2.51. The molecule has 0 unspecified atom stereocenters. The third-order valence-corrected chi connectivity index (χ3v) is 3.91. The van der Waals surface area contributed by atoms with E-state index in [2.05, 4.69) is 5.32 Å². The van der Waals surface area contributed by atoms with Gasteiger partial charge in [-0.3, -0.25) is 25.0 Å². The van der Waals surface area contributed by atoms with Crippen LogP contribution in [0.25, 0.3) is 0 Å². The molecule has 19 heavy (non-hydrogen) atoms. The molecule has 9 heteroatoms. The lowest BCUT2D eigenvalue weighted by Gasteiger charge is -2.25. The predicted molar refractivity (Wildman–Crippen MR) is 67.0 cm³/mol. The van der Waals surface area contributed by atoms with Crippen LogP contribution < -0.4 is 10.2 Å². The van der Waals surface area contributed by atoms with E-state index in [-0.39, 0.29) is 23.8 Å². The van der Waals surface area contributed by atoms with Crippen LogP contribution in [-0.2, 0) is 9.59 Å². The molecule has 2 N–H and O–H groups in total. The quantitative estimate of drug-likeness (QED) is 0.465. The van der Waals surface area contributed by atoms with E-state index in [9.17, 15) is 24.8 Å². The van der Waals surface area contributed by atoms with E-state index in [1.54, 1.807) is 0 Å². The number of imide groups is 1. The van der Waals surface area contributed by atoms with Crippen LogP contribution in [0.4, 0.5) is 10.7 Å². The maximum absolute atomic E-state index is 11.3. The number of carbonyl (C=O) groups excluding carboxylic acids is 2.